The molecule has 1 N–H and O–H groups in total. The quantitative estimate of drug-likeness (QED) is 0.767. The summed E-state index contributed by atoms with van der Waals surface area (Å²) in [4.78, 5) is 0.168. The molecule has 1 aromatic rings. The zero-order valence-corrected chi connectivity index (χ0v) is 15.8. The second-order valence-corrected chi connectivity index (χ2v) is 9.70. The molecule has 0 radical (unpaired) electrons. The van der Waals surface area contributed by atoms with E-state index in [0.717, 1.165) is 12.8 Å². The lowest BCUT2D eigenvalue weighted by atomic mass is 10.1. The average Bonchev–Trinajstić information content (AvgIpc) is 3.00. The lowest BCUT2D eigenvalue weighted by Gasteiger charge is -2.16. The van der Waals surface area contributed by atoms with Crippen molar-refractivity contribution in [2.45, 2.75) is 31.6 Å². The number of rotatable bonds is 7. The average molecular weight is 377 g/mol. The summed E-state index contributed by atoms with van der Waals surface area (Å²) < 4.78 is 58.3. The van der Waals surface area contributed by atoms with Gasteiger partial charge < -0.3 is 4.74 Å². The first-order valence-electron chi connectivity index (χ1n) is 7.80. The number of aryl methyl sites for hydroxylation is 2. The van der Waals surface area contributed by atoms with Crippen LogP contribution in [-0.2, 0) is 20.0 Å². The highest BCUT2D eigenvalue weighted by atomic mass is 32.2. The molecule has 2 rings (SSSR count). The molecule has 0 atom stereocenters. The van der Waals surface area contributed by atoms with Crippen LogP contribution in [0.1, 0.15) is 24.0 Å². The molecule has 0 saturated carbocycles. The number of sulfonamides is 2. The molecule has 1 aromatic carbocycles. The van der Waals surface area contributed by atoms with Gasteiger partial charge in [-0.25, -0.2) is 25.9 Å². The van der Waals surface area contributed by atoms with Crippen LogP contribution in [0.25, 0.3) is 0 Å². The molecule has 24 heavy (non-hydrogen) atoms. The molecule has 0 spiro atoms. The van der Waals surface area contributed by atoms with E-state index in [1.807, 2.05) is 0 Å². The molecular formula is C15H24N2O5S2. The van der Waals surface area contributed by atoms with E-state index in [9.17, 15) is 16.8 Å². The summed E-state index contributed by atoms with van der Waals surface area (Å²) >= 11 is 0. The summed E-state index contributed by atoms with van der Waals surface area (Å²) in [6.07, 6.45) is 1.71. The van der Waals surface area contributed by atoms with E-state index in [-0.39, 0.29) is 17.2 Å². The fraction of sp³-hybridized carbons (Fsp3) is 0.600. The Morgan fingerprint density at radius 3 is 2.12 bits per heavy atom. The predicted octanol–water partition coefficient (Wildman–Crippen LogP) is 1.02. The SMILES string of the molecule is COc1cc(C)c(S(=O)(=O)NCCS(=O)(=O)N2CCCC2)c(C)c1. The molecule has 0 aliphatic carbocycles. The Morgan fingerprint density at radius 1 is 1.08 bits per heavy atom. The van der Waals surface area contributed by atoms with Crippen molar-refractivity contribution in [1.82, 2.24) is 9.03 Å². The molecule has 1 aliphatic rings. The molecule has 1 saturated heterocycles. The number of hydrogen-bond acceptors (Lipinski definition) is 5. The van der Waals surface area contributed by atoms with Crippen molar-refractivity contribution in [2.75, 3.05) is 32.5 Å². The van der Waals surface area contributed by atoms with E-state index in [4.69, 9.17) is 4.74 Å². The summed E-state index contributed by atoms with van der Waals surface area (Å²) in [5, 5.41) is 0. The molecule has 1 fully saturated rings. The van der Waals surface area contributed by atoms with Crippen LogP contribution in [0.3, 0.4) is 0 Å². The normalized spacial score (nSPS) is 16.5. The summed E-state index contributed by atoms with van der Waals surface area (Å²) in [6.45, 7) is 4.26. The molecular weight excluding hydrogens is 352 g/mol. The van der Waals surface area contributed by atoms with Gasteiger partial charge in [0.25, 0.3) is 0 Å². The highest BCUT2D eigenvalue weighted by Gasteiger charge is 2.26. The van der Waals surface area contributed by atoms with E-state index in [1.54, 1.807) is 26.0 Å². The lowest BCUT2D eigenvalue weighted by molar-refractivity contribution is 0.413. The van der Waals surface area contributed by atoms with Crippen molar-refractivity contribution in [3.05, 3.63) is 23.3 Å². The smallest absolute Gasteiger partial charge is 0.241 e. The van der Waals surface area contributed by atoms with Gasteiger partial charge in [-0.1, -0.05) is 0 Å². The van der Waals surface area contributed by atoms with E-state index < -0.39 is 20.0 Å². The molecule has 1 heterocycles. The first-order valence-corrected chi connectivity index (χ1v) is 10.9. The number of nitrogens with zero attached hydrogens (tertiary/aromatic N) is 1. The summed E-state index contributed by atoms with van der Waals surface area (Å²) in [5.74, 6) is 0.348. The maximum atomic E-state index is 12.5. The first-order chi connectivity index (χ1) is 11.2. The number of benzene rings is 1. The molecule has 0 amide bonds. The van der Waals surface area contributed by atoms with E-state index in [2.05, 4.69) is 4.72 Å². The van der Waals surface area contributed by atoms with Gasteiger partial charge >= 0.3 is 0 Å². The maximum absolute atomic E-state index is 12.5. The van der Waals surface area contributed by atoms with Gasteiger partial charge in [0.1, 0.15) is 5.75 Å². The highest BCUT2D eigenvalue weighted by molar-refractivity contribution is 7.90. The Morgan fingerprint density at radius 2 is 1.62 bits per heavy atom. The zero-order valence-electron chi connectivity index (χ0n) is 14.2. The summed E-state index contributed by atoms with van der Waals surface area (Å²) in [5.41, 5.74) is 1.11. The van der Waals surface area contributed by atoms with Crippen molar-refractivity contribution in [3.63, 3.8) is 0 Å². The number of ether oxygens (including phenoxy) is 1. The van der Waals surface area contributed by atoms with Crippen molar-refractivity contribution in [3.8, 4) is 5.75 Å². The minimum absolute atomic E-state index is 0.147. The van der Waals surface area contributed by atoms with Gasteiger partial charge in [-0.05, 0) is 49.9 Å². The third kappa shape index (κ3) is 4.27. The summed E-state index contributed by atoms with van der Waals surface area (Å²) in [6, 6.07) is 3.28. The van der Waals surface area contributed by atoms with Crippen molar-refractivity contribution < 1.29 is 21.6 Å². The second kappa shape index (κ2) is 7.38. The zero-order chi connectivity index (χ0) is 18.0. The fourth-order valence-corrected chi connectivity index (χ4v) is 5.97. The van der Waals surface area contributed by atoms with Gasteiger partial charge in [0.15, 0.2) is 0 Å². The van der Waals surface area contributed by atoms with E-state index >= 15 is 0 Å². The Labute approximate surface area is 144 Å². The monoisotopic (exact) mass is 376 g/mol. The van der Waals surface area contributed by atoms with Crippen LogP contribution in [0.2, 0.25) is 0 Å². The fourth-order valence-electron chi connectivity index (χ4n) is 2.92. The predicted molar refractivity (Wildman–Crippen MR) is 92.3 cm³/mol. The third-order valence-corrected chi connectivity index (χ3v) is 7.69. The third-order valence-electron chi connectivity index (χ3n) is 4.05. The largest absolute Gasteiger partial charge is 0.497 e. The van der Waals surface area contributed by atoms with Crippen molar-refractivity contribution in [1.29, 1.82) is 0 Å². The minimum atomic E-state index is -3.78. The molecule has 9 heteroatoms. The van der Waals surface area contributed by atoms with Gasteiger partial charge in [0.2, 0.25) is 20.0 Å². The van der Waals surface area contributed by atoms with Crippen molar-refractivity contribution in [2.24, 2.45) is 0 Å². The molecule has 1 aliphatic heterocycles. The van der Waals surface area contributed by atoms with Crippen LogP contribution < -0.4 is 9.46 Å². The molecule has 0 aromatic heterocycles. The van der Waals surface area contributed by atoms with Crippen LogP contribution in [0, 0.1) is 13.8 Å². The van der Waals surface area contributed by atoms with Crippen molar-refractivity contribution >= 4 is 20.0 Å². The van der Waals surface area contributed by atoms with E-state index in [1.165, 1.54) is 11.4 Å². The first kappa shape index (κ1) is 19.2. The Balaban J connectivity index is 2.09. The van der Waals surface area contributed by atoms with Gasteiger partial charge in [-0.2, -0.15) is 0 Å². The van der Waals surface area contributed by atoms with Gasteiger partial charge in [-0.15, -0.1) is 0 Å². The Bertz CT molecular complexity index is 774. The van der Waals surface area contributed by atoms with Gasteiger partial charge in [0.05, 0.1) is 17.8 Å². The Hall–Kier alpha value is -1.16. The lowest BCUT2D eigenvalue weighted by Crippen LogP contribution is -2.36. The van der Waals surface area contributed by atoms with Crippen LogP contribution in [0.15, 0.2) is 17.0 Å². The number of hydrogen-bond donors (Lipinski definition) is 1. The summed E-state index contributed by atoms with van der Waals surface area (Å²) in [7, 11) is -5.67. The molecule has 7 nitrogen and oxygen atoms in total. The molecule has 0 unspecified atom stereocenters. The highest BCUT2D eigenvalue weighted by Crippen LogP contribution is 2.25. The van der Waals surface area contributed by atoms with Crippen LogP contribution in [0.4, 0.5) is 0 Å². The topological polar surface area (TPSA) is 92.8 Å². The maximum Gasteiger partial charge on any atom is 0.241 e. The van der Waals surface area contributed by atoms with Gasteiger partial charge in [-0.3, -0.25) is 0 Å². The standard InChI is InChI=1S/C15H24N2O5S2/c1-12-10-14(22-3)11-13(2)15(12)24(20,21)16-6-9-23(18,19)17-7-4-5-8-17/h10-11,16H,4-9H2,1-3H3. The molecule has 136 valence electrons. The Kier molecular flexibility index (Phi) is 5.90. The number of nitrogens with one attached hydrogen (secondary N) is 1. The van der Waals surface area contributed by atoms with Crippen LogP contribution in [-0.4, -0.2) is 53.6 Å². The van der Waals surface area contributed by atoms with Gasteiger partial charge in [0, 0.05) is 19.6 Å². The molecule has 0 bridgehead atoms. The van der Waals surface area contributed by atoms with Crippen LogP contribution >= 0.6 is 0 Å². The van der Waals surface area contributed by atoms with Crippen LogP contribution in [0.5, 0.6) is 5.75 Å². The minimum Gasteiger partial charge on any atom is -0.497 e. The van der Waals surface area contributed by atoms with E-state index in [0.29, 0.717) is 30.0 Å². The second-order valence-electron chi connectivity index (χ2n) is 5.91. The number of methoxy groups -OCH3 is 1.